The number of nitrogens with one attached hydrogen (secondary N) is 2. The molecule has 0 radical (unpaired) electrons. The lowest BCUT2D eigenvalue weighted by molar-refractivity contribution is -0.130. The highest BCUT2D eigenvalue weighted by atomic mass is 16.2. The number of nitrogens with zero attached hydrogens (tertiary/aromatic N) is 6. The lowest BCUT2D eigenvalue weighted by atomic mass is 10.0. The molecule has 2 amide bonds. The number of rotatable bonds is 5. The van der Waals surface area contributed by atoms with E-state index in [1.165, 1.54) is 4.57 Å². The zero-order valence-corrected chi connectivity index (χ0v) is 26.3. The Hall–Kier alpha value is -6.02. The molecule has 2 N–H and O–H groups in total. The van der Waals surface area contributed by atoms with Crippen LogP contribution >= 0.6 is 0 Å². The zero-order valence-electron chi connectivity index (χ0n) is 26.3. The molecule has 2 aromatic carbocycles. The number of carbonyl (C=O) groups is 2. The van der Waals surface area contributed by atoms with Crippen LogP contribution in [0.3, 0.4) is 0 Å². The molecule has 47 heavy (non-hydrogen) atoms. The highest BCUT2D eigenvalue weighted by Crippen LogP contribution is 2.34. The highest BCUT2D eigenvalue weighted by molar-refractivity contribution is 5.97. The van der Waals surface area contributed by atoms with Crippen molar-refractivity contribution in [2.75, 3.05) is 13.1 Å². The highest BCUT2D eigenvalue weighted by Gasteiger charge is 2.26. The summed E-state index contributed by atoms with van der Waals surface area (Å²) in [5, 5.41) is 4.76. The van der Waals surface area contributed by atoms with Crippen LogP contribution in [0.4, 0.5) is 0 Å². The van der Waals surface area contributed by atoms with Crippen LogP contribution in [0.1, 0.15) is 41.4 Å². The van der Waals surface area contributed by atoms with Crippen molar-refractivity contribution < 1.29 is 9.59 Å². The van der Waals surface area contributed by atoms with Gasteiger partial charge in [-0.1, -0.05) is 43.0 Å². The maximum atomic E-state index is 12.8. The average Bonchev–Trinajstić information content (AvgIpc) is 3.61. The van der Waals surface area contributed by atoms with Crippen LogP contribution in [-0.4, -0.2) is 58.9 Å². The van der Waals surface area contributed by atoms with Gasteiger partial charge in [0.05, 0.1) is 46.8 Å². The van der Waals surface area contributed by atoms with Gasteiger partial charge in [0.15, 0.2) is 0 Å². The van der Waals surface area contributed by atoms with Crippen molar-refractivity contribution in [2.45, 2.75) is 33.4 Å². The van der Waals surface area contributed by atoms with Crippen LogP contribution in [0.2, 0.25) is 0 Å². The third kappa shape index (κ3) is 5.44. The number of aromatic amines is 1. The van der Waals surface area contributed by atoms with Crippen LogP contribution in [0, 0.1) is 11.8 Å². The Kier molecular flexibility index (Phi) is 7.61. The van der Waals surface area contributed by atoms with Crippen molar-refractivity contribution in [1.82, 2.24) is 39.3 Å². The molecule has 0 aliphatic carbocycles. The van der Waals surface area contributed by atoms with E-state index in [4.69, 9.17) is 9.97 Å². The van der Waals surface area contributed by atoms with E-state index in [0.717, 1.165) is 63.3 Å². The van der Waals surface area contributed by atoms with Gasteiger partial charge in [-0.15, -0.1) is 0 Å². The Bertz CT molecular complexity index is 2320. The fourth-order valence-corrected chi connectivity index (χ4v) is 6.17. The second-order valence-electron chi connectivity index (χ2n) is 11.5. The van der Waals surface area contributed by atoms with Crippen molar-refractivity contribution in [3.8, 4) is 34.4 Å². The molecule has 0 saturated carbocycles. The first-order valence-corrected chi connectivity index (χ1v) is 15.5. The fourth-order valence-electron chi connectivity index (χ4n) is 6.17. The van der Waals surface area contributed by atoms with E-state index < -0.39 is 0 Å². The van der Waals surface area contributed by atoms with Gasteiger partial charge >= 0.3 is 5.69 Å². The summed E-state index contributed by atoms with van der Waals surface area (Å²) in [7, 11) is 1.69. The molecule has 1 aliphatic heterocycles. The summed E-state index contributed by atoms with van der Waals surface area (Å²) in [6.45, 7) is 5.79. The van der Waals surface area contributed by atoms with Gasteiger partial charge in [-0.25, -0.2) is 9.78 Å². The largest absolute Gasteiger partial charge is 0.340 e. The number of hydrogen-bond donors (Lipinski definition) is 2. The van der Waals surface area contributed by atoms with Crippen LogP contribution in [0.5, 0.6) is 0 Å². The number of para-hydroxylation sites is 1. The second-order valence-corrected chi connectivity index (χ2v) is 11.5. The third-order valence-corrected chi connectivity index (χ3v) is 8.64. The Balaban J connectivity index is 1.09. The maximum Gasteiger partial charge on any atom is 0.326 e. The molecule has 0 fully saturated rings. The summed E-state index contributed by atoms with van der Waals surface area (Å²) in [5.41, 5.74) is 6.63. The number of aromatic nitrogens is 6. The van der Waals surface area contributed by atoms with Gasteiger partial charge in [0.1, 0.15) is 11.5 Å². The standard InChI is InChI=1S/C36H32N8O3/c1-4-32-41-33(31-21-43(22(2)45)16-17-44(31)32)26-11-5-9-24-18-30(39-20-27(24)26)25-13-14-29(38-19-25)35(46)37-15-7-10-23-8-6-12-28-34(23)42(3)36(47)40-28/h5-6,8-9,11-14,18-20H,4,15-17,21H2,1-3H3,(H,37,46)(H,40,47). The van der Waals surface area contributed by atoms with Crippen LogP contribution < -0.4 is 11.0 Å². The molecular formula is C36H32N8O3. The summed E-state index contributed by atoms with van der Waals surface area (Å²) < 4.78 is 3.77. The SMILES string of the molecule is CCc1nc(-c2cccc3cc(-c4ccc(C(=O)NCC#Cc5cccc6[nH]c(=O)n(C)c56)nc4)ncc23)c2n1CCN(C(C)=O)C2. The molecule has 1 aliphatic rings. The van der Waals surface area contributed by atoms with Crippen LogP contribution in [-0.2, 0) is 31.4 Å². The number of fused-ring (bicyclic) bond motifs is 3. The van der Waals surface area contributed by atoms with Crippen molar-refractivity contribution in [1.29, 1.82) is 0 Å². The summed E-state index contributed by atoms with van der Waals surface area (Å²) in [6.07, 6.45) is 4.30. The fraction of sp³-hybridized carbons (Fsp3) is 0.222. The first-order chi connectivity index (χ1) is 22.8. The molecule has 5 heterocycles. The molecule has 11 nitrogen and oxygen atoms in total. The third-order valence-electron chi connectivity index (χ3n) is 8.64. The molecule has 0 saturated heterocycles. The number of aryl methyl sites for hydroxylation is 2. The molecule has 0 spiro atoms. The zero-order chi connectivity index (χ0) is 32.7. The minimum Gasteiger partial charge on any atom is -0.340 e. The number of hydrogen-bond acceptors (Lipinski definition) is 6. The van der Waals surface area contributed by atoms with E-state index in [2.05, 4.69) is 44.7 Å². The lowest BCUT2D eigenvalue weighted by Gasteiger charge is -2.28. The summed E-state index contributed by atoms with van der Waals surface area (Å²) in [5.74, 6) is 6.74. The first kappa shape index (κ1) is 29.7. The normalized spacial score (nSPS) is 12.5. The van der Waals surface area contributed by atoms with Gasteiger partial charge in [0.2, 0.25) is 5.91 Å². The quantitative estimate of drug-likeness (QED) is 0.279. The van der Waals surface area contributed by atoms with Crippen molar-refractivity contribution in [2.24, 2.45) is 7.05 Å². The van der Waals surface area contributed by atoms with Crippen LogP contribution in [0.25, 0.3) is 44.3 Å². The molecule has 0 atom stereocenters. The number of carbonyl (C=O) groups excluding carboxylic acids is 2. The number of H-pyrrole nitrogens is 1. The van der Waals surface area contributed by atoms with Gasteiger partial charge in [-0.3, -0.25) is 24.1 Å². The summed E-state index contributed by atoms with van der Waals surface area (Å²) in [4.78, 5) is 55.7. The smallest absolute Gasteiger partial charge is 0.326 e. The van der Waals surface area contributed by atoms with Crippen LogP contribution in [0.15, 0.2) is 71.8 Å². The number of pyridine rings is 2. The van der Waals surface area contributed by atoms with E-state index in [1.807, 2.05) is 53.6 Å². The average molecular weight is 625 g/mol. The van der Waals surface area contributed by atoms with Gasteiger partial charge in [0.25, 0.3) is 5.91 Å². The topological polar surface area (TPSA) is 131 Å². The predicted molar refractivity (Wildman–Crippen MR) is 179 cm³/mol. The number of imidazole rings is 2. The predicted octanol–water partition coefficient (Wildman–Crippen LogP) is 4.05. The molecule has 4 aromatic heterocycles. The van der Waals surface area contributed by atoms with Gasteiger partial charge in [-0.2, -0.15) is 0 Å². The molecule has 7 rings (SSSR count). The molecular weight excluding hydrogens is 592 g/mol. The van der Waals surface area contributed by atoms with Crippen molar-refractivity contribution >= 4 is 33.6 Å². The van der Waals surface area contributed by atoms with E-state index in [-0.39, 0.29) is 29.7 Å². The van der Waals surface area contributed by atoms with E-state index >= 15 is 0 Å². The molecule has 234 valence electrons. The molecule has 6 aromatic rings. The molecule has 0 unspecified atom stereocenters. The summed E-state index contributed by atoms with van der Waals surface area (Å²) >= 11 is 0. The van der Waals surface area contributed by atoms with Gasteiger partial charge < -0.3 is 19.8 Å². The Labute approximate surface area is 270 Å². The lowest BCUT2D eigenvalue weighted by Crippen LogP contribution is -2.37. The monoisotopic (exact) mass is 624 g/mol. The van der Waals surface area contributed by atoms with Crippen molar-refractivity contribution in [3.05, 3.63) is 100 Å². The minimum absolute atomic E-state index is 0.0629. The van der Waals surface area contributed by atoms with E-state index in [1.54, 1.807) is 26.2 Å². The minimum atomic E-state index is -0.340. The van der Waals surface area contributed by atoms with Gasteiger partial charge in [0, 0.05) is 62.4 Å². The number of benzene rings is 2. The number of amides is 2. The van der Waals surface area contributed by atoms with Gasteiger partial charge in [-0.05, 0) is 35.7 Å². The summed E-state index contributed by atoms with van der Waals surface area (Å²) in [6, 6.07) is 17.1. The Morgan fingerprint density at radius 3 is 2.68 bits per heavy atom. The first-order valence-electron chi connectivity index (χ1n) is 15.5. The Morgan fingerprint density at radius 2 is 1.89 bits per heavy atom. The van der Waals surface area contributed by atoms with E-state index in [0.29, 0.717) is 24.2 Å². The Morgan fingerprint density at radius 1 is 1.04 bits per heavy atom. The maximum absolute atomic E-state index is 12.8. The molecule has 11 heteroatoms. The van der Waals surface area contributed by atoms with E-state index in [9.17, 15) is 14.4 Å². The molecule has 0 bridgehead atoms. The van der Waals surface area contributed by atoms with Crippen molar-refractivity contribution in [3.63, 3.8) is 0 Å². The second kappa shape index (κ2) is 12.1.